The van der Waals surface area contributed by atoms with Gasteiger partial charge >= 0.3 is 0 Å². The van der Waals surface area contributed by atoms with Crippen LogP contribution in [0.25, 0.3) is 0 Å². The molecule has 0 radical (unpaired) electrons. The summed E-state index contributed by atoms with van der Waals surface area (Å²) in [5.74, 6) is -0.175. The summed E-state index contributed by atoms with van der Waals surface area (Å²) in [6, 6.07) is 5.56. The van der Waals surface area contributed by atoms with Crippen molar-refractivity contribution in [3.05, 3.63) is 26.6 Å². The van der Waals surface area contributed by atoms with Crippen LogP contribution in [0.1, 0.15) is 18.4 Å². The molecular weight excluding hydrogens is 298 g/mol. The van der Waals surface area contributed by atoms with E-state index >= 15 is 0 Å². The van der Waals surface area contributed by atoms with Crippen molar-refractivity contribution in [2.45, 2.75) is 12.8 Å². The lowest BCUT2D eigenvalue weighted by Gasteiger charge is -2.08. The molecule has 0 aliphatic rings. The van der Waals surface area contributed by atoms with Gasteiger partial charge in [-0.3, -0.25) is 0 Å². The summed E-state index contributed by atoms with van der Waals surface area (Å²) in [5, 5.41) is 18.3. The van der Waals surface area contributed by atoms with E-state index in [2.05, 4.69) is 37.9 Å². The van der Waals surface area contributed by atoms with E-state index < -0.39 is 0 Å². The van der Waals surface area contributed by atoms with Gasteiger partial charge in [0, 0.05) is 10.0 Å². The van der Waals surface area contributed by atoms with Crippen molar-refractivity contribution in [1.29, 1.82) is 5.26 Å². The SMILES string of the molecule is CC(C#N)c1cc(Br)cc(Br)c1O. The van der Waals surface area contributed by atoms with Crippen LogP contribution in [0.5, 0.6) is 5.75 Å². The molecule has 0 saturated carbocycles. The highest BCUT2D eigenvalue weighted by Gasteiger charge is 2.12. The lowest BCUT2D eigenvalue weighted by atomic mass is 10.0. The van der Waals surface area contributed by atoms with E-state index in [9.17, 15) is 5.11 Å². The van der Waals surface area contributed by atoms with Gasteiger partial charge in [0.15, 0.2) is 0 Å². The molecule has 0 aromatic heterocycles. The van der Waals surface area contributed by atoms with Crippen LogP contribution in [0.3, 0.4) is 0 Å². The second-order valence-corrected chi connectivity index (χ2v) is 4.45. The Morgan fingerprint density at radius 3 is 2.62 bits per heavy atom. The number of halogens is 2. The Hall–Kier alpha value is -0.530. The number of hydrogen-bond acceptors (Lipinski definition) is 2. The minimum atomic E-state index is -0.311. The van der Waals surface area contributed by atoms with E-state index in [1.54, 1.807) is 19.1 Å². The molecular formula is C9H7Br2NO. The molecule has 0 amide bonds. The highest BCUT2D eigenvalue weighted by Crippen LogP contribution is 2.35. The maximum Gasteiger partial charge on any atom is 0.134 e. The number of phenolic OH excluding ortho intramolecular Hbond substituents is 1. The van der Waals surface area contributed by atoms with E-state index in [0.29, 0.717) is 10.0 Å². The summed E-state index contributed by atoms with van der Waals surface area (Å²) in [4.78, 5) is 0. The molecule has 1 atom stereocenters. The average Bonchev–Trinajstić information content (AvgIpc) is 2.10. The molecule has 0 fully saturated rings. The Morgan fingerprint density at radius 2 is 2.08 bits per heavy atom. The third-order valence-corrected chi connectivity index (χ3v) is 2.78. The highest BCUT2D eigenvalue weighted by molar-refractivity contribution is 9.11. The minimum Gasteiger partial charge on any atom is -0.506 e. The first-order valence-corrected chi connectivity index (χ1v) is 5.22. The molecule has 68 valence electrons. The first-order chi connectivity index (χ1) is 6.06. The van der Waals surface area contributed by atoms with Gasteiger partial charge in [-0.2, -0.15) is 5.26 Å². The van der Waals surface area contributed by atoms with Gasteiger partial charge in [0.1, 0.15) is 5.75 Å². The molecule has 1 aromatic rings. The Bertz CT molecular complexity index is 371. The number of rotatable bonds is 1. The number of phenols is 1. The van der Waals surface area contributed by atoms with Crippen LogP contribution in [0.2, 0.25) is 0 Å². The number of aromatic hydroxyl groups is 1. The third kappa shape index (κ3) is 2.23. The summed E-state index contributed by atoms with van der Waals surface area (Å²) in [6.45, 7) is 1.74. The van der Waals surface area contributed by atoms with Crippen molar-refractivity contribution >= 4 is 31.9 Å². The maximum atomic E-state index is 9.60. The molecule has 0 bridgehead atoms. The Kier molecular flexibility index (Phi) is 3.34. The molecule has 2 nitrogen and oxygen atoms in total. The zero-order valence-corrected chi connectivity index (χ0v) is 10.1. The molecule has 0 aliphatic heterocycles. The first kappa shape index (κ1) is 10.6. The fraction of sp³-hybridized carbons (Fsp3) is 0.222. The molecule has 0 heterocycles. The lowest BCUT2D eigenvalue weighted by molar-refractivity contribution is 0.463. The van der Waals surface area contributed by atoms with Crippen molar-refractivity contribution < 1.29 is 5.11 Å². The molecule has 1 N–H and O–H groups in total. The van der Waals surface area contributed by atoms with E-state index in [1.165, 1.54) is 0 Å². The topological polar surface area (TPSA) is 44.0 Å². The van der Waals surface area contributed by atoms with Crippen molar-refractivity contribution in [3.63, 3.8) is 0 Å². The van der Waals surface area contributed by atoms with Gasteiger partial charge < -0.3 is 5.11 Å². The zero-order chi connectivity index (χ0) is 10.0. The molecule has 0 saturated heterocycles. The Morgan fingerprint density at radius 1 is 1.46 bits per heavy atom. The van der Waals surface area contributed by atoms with Crippen LogP contribution in [0.15, 0.2) is 21.1 Å². The van der Waals surface area contributed by atoms with Crippen molar-refractivity contribution in [2.75, 3.05) is 0 Å². The van der Waals surface area contributed by atoms with Crippen LogP contribution < -0.4 is 0 Å². The van der Waals surface area contributed by atoms with Gasteiger partial charge in [-0.15, -0.1) is 0 Å². The minimum absolute atomic E-state index is 0.136. The average molecular weight is 305 g/mol. The van der Waals surface area contributed by atoms with E-state index in [1.807, 2.05) is 0 Å². The summed E-state index contributed by atoms with van der Waals surface area (Å²) < 4.78 is 1.44. The van der Waals surface area contributed by atoms with E-state index in [-0.39, 0.29) is 11.7 Å². The third-order valence-electron chi connectivity index (χ3n) is 1.72. The Labute approximate surface area is 93.4 Å². The second-order valence-electron chi connectivity index (χ2n) is 2.68. The molecule has 1 unspecified atom stereocenters. The van der Waals surface area contributed by atoms with Crippen LogP contribution in [0.4, 0.5) is 0 Å². The quantitative estimate of drug-likeness (QED) is 0.862. The molecule has 1 rings (SSSR count). The number of hydrogen-bond donors (Lipinski definition) is 1. The molecule has 0 aliphatic carbocycles. The van der Waals surface area contributed by atoms with E-state index in [4.69, 9.17) is 5.26 Å². The van der Waals surface area contributed by atoms with Crippen molar-refractivity contribution in [1.82, 2.24) is 0 Å². The zero-order valence-electron chi connectivity index (χ0n) is 6.88. The highest BCUT2D eigenvalue weighted by atomic mass is 79.9. The second kappa shape index (κ2) is 4.12. The van der Waals surface area contributed by atoms with Gasteiger partial charge in [-0.1, -0.05) is 15.9 Å². The van der Waals surface area contributed by atoms with Gasteiger partial charge in [0.25, 0.3) is 0 Å². The monoisotopic (exact) mass is 303 g/mol. The van der Waals surface area contributed by atoms with Gasteiger partial charge in [-0.25, -0.2) is 0 Å². The largest absolute Gasteiger partial charge is 0.506 e. The van der Waals surface area contributed by atoms with Crippen molar-refractivity contribution in [2.24, 2.45) is 0 Å². The fourth-order valence-corrected chi connectivity index (χ4v) is 2.24. The van der Waals surface area contributed by atoms with Crippen LogP contribution in [-0.2, 0) is 0 Å². The van der Waals surface area contributed by atoms with Crippen LogP contribution in [0, 0.1) is 11.3 Å². The summed E-state index contributed by atoms with van der Waals surface area (Å²) >= 11 is 6.50. The summed E-state index contributed by atoms with van der Waals surface area (Å²) in [6.07, 6.45) is 0. The number of benzene rings is 1. The lowest BCUT2D eigenvalue weighted by Crippen LogP contribution is -1.91. The fourth-order valence-electron chi connectivity index (χ4n) is 0.986. The van der Waals surface area contributed by atoms with Crippen LogP contribution in [-0.4, -0.2) is 5.11 Å². The van der Waals surface area contributed by atoms with Gasteiger partial charge in [0.2, 0.25) is 0 Å². The molecule has 13 heavy (non-hydrogen) atoms. The first-order valence-electron chi connectivity index (χ1n) is 3.63. The van der Waals surface area contributed by atoms with E-state index in [0.717, 1.165) is 4.47 Å². The van der Waals surface area contributed by atoms with Gasteiger partial charge in [0.05, 0.1) is 16.5 Å². The summed E-state index contributed by atoms with van der Waals surface area (Å²) in [7, 11) is 0. The van der Waals surface area contributed by atoms with Crippen molar-refractivity contribution in [3.8, 4) is 11.8 Å². The molecule has 1 aromatic carbocycles. The molecule has 0 spiro atoms. The number of nitrogens with zero attached hydrogens (tertiary/aromatic N) is 1. The molecule has 4 heteroatoms. The standard InChI is InChI=1S/C9H7Br2NO/c1-5(4-12)7-2-6(10)3-8(11)9(7)13/h2-3,5,13H,1H3. The predicted molar refractivity (Wildman–Crippen MR) is 57.5 cm³/mol. The Balaban J connectivity index is 3.30. The summed E-state index contributed by atoms with van der Waals surface area (Å²) in [5.41, 5.74) is 0.628. The predicted octanol–water partition coefficient (Wildman–Crippen LogP) is 3.54. The smallest absolute Gasteiger partial charge is 0.134 e. The van der Waals surface area contributed by atoms with Crippen LogP contribution >= 0.6 is 31.9 Å². The normalized spacial score (nSPS) is 12.2. The van der Waals surface area contributed by atoms with Gasteiger partial charge in [-0.05, 0) is 35.0 Å². The number of nitriles is 1. The maximum absolute atomic E-state index is 9.60.